The minimum absolute atomic E-state index is 0.309. The number of ether oxygens (including phenoxy) is 2. The van der Waals surface area contributed by atoms with Crippen molar-refractivity contribution in [2.24, 2.45) is 5.73 Å². The minimum Gasteiger partial charge on any atom is -0.496 e. The number of carbonyl (C=O) groups excluding carboxylic acids is 1. The van der Waals surface area contributed by atoms with Gasteiger partial charge < -0.3 is 15.2 Å². The smallest absolute Gasteiger partial charge is 0.330 e. The lowest BCUT2D eigenvalue weighted by molar-refractivity contribution is -0.150. The van der Waals surface area contributed by atoms with Crippen molar-refractivity contribution < 1.29 is 14.3 Å². The zero-order valence-corrected chi connectivity index (χ0v) is 13.0. The molecule has 1 aromatic carbocycles. The molecule has 0 saturated heterocycles. The van der Waals surface area contributed by atoms with Gasteiger partial charge in [0.2, 0.25) is 0 Å². The Morgan fingerprint density at radius 1 is 1.35 bits per heavy atom. The van der Waals surface area contributed by atoms with E-state index in [1.54, 1.807) is 14.0 Å². The third-order valence-electron chi connectivity index (χ3n) is 3.57. The molecule has 0 spiro atoms. The molecule has 4 heteroatoms. The SMILES string of the molecule is CCOC(=O)C(N)(CC)c1cc(C(C)C)ccc1OC. The molecule has 0 bridgehead atoms. The highest BCUT2D eigenvalue weighted by Gasteiger charge is 2.38. The maximum atomic E-state index is 12.2. The molecule has 4 nitrogen and oxygen atoms in total. The van der Waals surface area contributed by atoms with Gasteiger partial charge >= 0.3 is 5.97 Å². The molecule has 2 N–H and O–H groups in total. The first-order valence-corrected chi connectivity index (χ1v) is 7.05. The molecule has 1 aromatic rings. The molecular formula is C16H25NO3. The number of rotatable bonds is 6. The van der Waals surface area contributed by atoms with Gasteiger partial charge in [-0.15, -0.1) is 0 Å². The number of nitrogens with two attached hydrogens (primary N) is 1. The van der Waals surface area contributed by atoms with E-state index in [1.807, 2.05) is 25.1 Å². The number of carbonyl (C=O) groups is 1. The van der Waals surface area contributed by atoms with Crippen molar-refractivity contribution in [3.63, 3.8) is 0 Å². The first kappa shape index (κ1) is 16.5. The predicted octanol–water partition coefficient (Wildman–Crippen LogP) is 2.95. The van der Waals surface area contributed by atoms with E-state index >= 15 is 0 Å². The third kappa shape index (κ3) is 3.12. The Labute approximate surface area is 121 Å². The maximum absolute atomic E-state index is 12.2. The van der Waals surface area contributed by atoms with Gasteiger partial charge in [-0.05, 0) is 37.0 Å². The predicted molar refractivity (Wildman–Crippen MR) is 79.9 cm³/mol. The van der Waals surface area contributed by atoms with Crippen molar-refractivity contribution in [2.75, 3.05) is 13.7 Å². The largest absolute Gasteiger partial charge is 0.496 e. The monoisotopic (exact) mass is 279 g/mol. The van der Waals surface area contributed by atoms with Gasteiger partial charge in [-0.1, -0.05) is 26.8 Å². The van der Waals surface area contributed by atoms with Crippen LogP contribution in [0.4, 0.5) is 0 Å². The molecule has 0 fully saturated rings. The molecule has 0 aliphatic heterocycles. The Kier molecular flexibility index (Phi) is 5.57. The lowest BCUT2D eigenvalue weighted by Crippen LogP contribution is -2.46. The standard InChI is InChI=1S/C16H25NO3/c1-6-16(17,15(18)20-7-2)13-10-12(11(3)4)8-9-14(13)19-5/h8-11H,6-7,17H2,1-5H3. The van der Waals surface area contributed by atoms with Gasteiger partial charge in [0.1, 0.15) is 11.3 Å². The van der Waals surface area contributed by atoms with E-state index < -0.39 is 11.5 Å². The van der Waals surface area contributed by atoms with Crippen molar-refractivity contribution in [3.05, 3.63) is 29.3 Å². The first-order valence-electron chi connectivity index (χ1n) is 7.05. The van der Waals surface area contributed by atoms with Gasteiger partial charge in [-0.25, -0.2) is 4.79 Å². The Balaban J connectivity index is 3.38. The fraction of sp³-hybridized carbons (Fsp3) is 0.562. The Hall–Kier alpha value is -1.55. The average Bonchev–Trinajstić information content (AvgIpc) is 2.45. The van der Waals surface area contributed by atoms with E-state index in [9.17, 15) is 4.79 Å². The second kappa shape index (κ2) is 6.75. The van der Waals surface area contributed by atoms with Crippen LogP contribution in [0.2, 0.25) is 0 Å². The van der Waals surface area contributed by atoms with Gasteiger partial charge in [0.15, 0.2) is 0 Å². The van der Waals surface area contributed by atoms with E-state index in [0.717, 1.165) is 5.56 Å². The van der Waals surface area contributed by atoms with Gasteiger partial charge in [0.25, 0.3) is 0 Å². The topological polar surface area (TPSA) is 61.5 Å². The summed E-state index contributed by atoms with van der Waals surface area (Å²) in [6.07, 6.45) is 0.448. The first-order chi connectivity index (χ1) is 9.40. The van der Waals surface area contributed by atoms with Crippen LogP contribution in [0.3, 0.4) is 0 Å². The van der Waals surface area contributed by atoms with Crippen LogP contribution in [0.5, 0.6) is 5.75 Å². The van der Waals surface area contributed by atoms with E-state index in [-0.39, 0.29) is 0 Å². The second-order valence-corrected chi connectivity index (χ2v) is 5.16. The molecule has 0 aliphatic carbocycles. The molecule has 112 valence electrons. The molecule has 0 aromatic heterocycles. The van der Waals surface area contributed by atoms with E-state index in [0.29, 0.717) is 30.3 Å². The Bertz CT molecular complexity index is 471. The van der Waals surface area contributed by atoms with E-state index in [4.69, 9.17) is 15.2 Å². The summed E-state index contributed by atoms with van der Waals surface area (Å²) < 4.78 is 10.5. The highest BCUT2D eigenvalue weighted by Crippen LogP contribution is 2.34. The molecule has 0 aliphatic rings. The number of hydrogen-bond acceptors (Lipinski definition) is 4. The van der Waals surface area contributed by atoms with Gasteiger partial charge in [0.05, 0.1) is 13.7 Å². The summed E-state index contributed by atoms with van der Waals surface area (Å²) in [5.41, 5.74) is 6.97. The van der Waals surface area contributed by atoms with Gasteiger partial charge in [0, 0.05) is 5.56 Å². The fourth-order valence-electron chi connectivity index (χ4n) is 2.14. The molecular weight excluding hydrogens is 254 g/mol. The molecule has 0 radical (unpaired) electrons. The minimum atomic E-state index is -1.17. The average molecular weight is 279 g/mol. The van der Waals surface area contributed by atoms with Crippen LogP contribution < -0.4 is 10.5 Å². The quantitative estimate of drug-likeness (QED) is 0.813. The normalized spacial score (nSPS) is 13.9. The van der Waals surface area contributed by atoms with Crippen LogP contribution in [0.15, 0.2) is 18.2 Å². The Morgan fingerprint density at radius 3 is 2.45 bits per heavy atom. The summed E-state index contributed by atoms with van der Waals surface area (Å²) in [6, 6.07) is 5.80. The summed E-state index contributed by atoms with van der Waals surface area (Å²) in [7, 11) is 1.58. The molecule has 0 amide bonds. The lowest BCUT2D eigenvalue weighted by Gasteiger charge is -2.28. The van der Waals surface area contributed by atoms with Crippen molar-refractivity contribution in [1.82, 2.24) is 0 Å². The number of methoxy groups -OCH3 is 1. The molecule has 0 heterocycles. The number of esters is 1. The second-order valence-electron chi connectivity index (χ2n) is 5.16. The van der Waals surface area contributed by atoms with Crippen molar-refractivity contribution in [2.45, 2.75) is 45.6 Å². The summed E-state index contributed by atoms with van der Waals surface area (Å²) in [6.45, 7) is 8.15. The molecule has 1 unspecified atom stereocenters. The van der Waals surface area contributed by atoms with E-state index in [1.165, 1.54) is 0 Å². The lowest BCUT2D eigenvalue weighted by atomic mass is 9.85. The van der Waals surface area contributed by atoms with E-state index in [2.05, 4.69) is 13.8 Å². The summed E-state index contributed by atoms with van der Waals surface area (Å²) in [4.78, 5) is 12.2. The zero-order valence-electron chi connectivity index (χ0n) is 13.0. The van der Waals surface area contributed by atoms with Crippen LogP contribution >= 0.6 is 0 Å². The number of hydrogen-bond donors (Lipinski definition) is 1. The highest BCUT2D eigenvalue weighted by atomic mass is 16.5. The third-order valence-corrected chi connectivity index (χ3v) is 3.57. The van der Waals surface area contributed by atoms with Crippen molar-refractivity contribution >= 4 is 5.97 Å². The highest BCUT2D eigenvalue weighted by molar-refractivity contribution is 5.83. The number of benzene rings is 1. The van der Waals surface area contributed by atoms with Crippen molar-refractivity contribution in [3.8, 4) is 5.75 Å². The summed E-state index contributed by atoms with van der Waals surface area (Å²) in [5, 5.41) is 0. The molecule has 20 heavy (non-hydrogen) atoms. The molecule has 0 saturated carbocycles. The van der Waals surface area contributed by atoms with Crippen LogP contribution in [0, 0.1) is 0 Å². The van der Waals surface area contributed by atoms with Crippen LogP contribution in [-0.4, -0.2) is 19.7 Å². The maximum Gasteiger partial charge on any atom is 0.330 e. The summed E-state index contributed by atoms with van der Waals surface area (Å²) >= 11 is 0. The zero-order chi connectivity index (χ0) is 15.3. The van der Waals surface area contributed by atoms with Crippen LogP contribution in [-0.2, 0) is 15.1 Å². The van der Waals surface area contributed by atoms with Crippen LogP contribution in [0.1, 0.15) is 51.2 Å². The van der Waals surface area contributed by atoms with Gasteiger partial charge in [-0.3, -0.25) is 0 Å². The Morgan fingerprint density at radius 2 is 2.00 bits per heavy atom. The van der Waals surface area contributed by atoms with Crippen LogP contribution in [0.25, 0.3) is 0 Å². The molecule has 1 rings (SSSR count). The van der Waals surface area contributed by atoms with Crippen molar-refractivity contribution in [1.29, 1.82) is 0 Å². The summed E-state index contributed by atoms with van der Waals surface area (Å²) in [5.74, 6) is 0.552. The fourth-order valence-corrected chi connectivity index (χ4v) is 2.14. The molecule has 1 atom stereocenters. The van der Waals surface area contributed by atoms with Gasteiger partial charge in [-0.2, -0.15) is 0 Å².